The Morgan fingerprint density at radius 2 is 1.74 bits per heavy atom. The maximum Gasteiger partial charge on any atom is 0.271 e. The van der Waals surface area contributed by atoms with Gasteiger partial charge in [-0.25, -0.2) is 13.8 Å². The Hall–Kier alpha value is -2.03. The summed E-state index contributed by atoms with van der Waals surface area (Å²) in [6, 6.07) is 13.6. The molecule has 8 heteroatoms. The van der Waals surface area contributed by atoms with Gasteiger partial charge in [-0.15, -0.1) is 0 Å². The molecule has 1 amide bonds. The van der Waals surface area contributed by atoms with Crippen molar-refractivity contribution in [3.63, 3.8) is 0 Å². The van der Waals surface area contributed by atoms with Crippen LogP contribution in [0.25, 0.3) is 0 Å². The van der Waals surface area contributed by atoms with Crippen LogP contribution in [0.4, 0.5) is 0 Å². The summed E-state index contributed by atoms with van der Waals surface area (Å²) in [7, 11) is -3.56. The van der Waals surface area contributed by atoms with Crippen LogP contribution in [0.1, 0.15) is 35.7 Å². The van der Waals surface area contributed by atoms with Crippen molar-refractivity contribution in [2.24, 2.45) is 5.10 Å². The van der Waals surface area contributed by atoms with Crippen LogP contribution in [0.15, 0.2) is 63.0 Å². The Morgan fingerprint density at radius 3 is 2.41 bits per heavy atom. The number of carbonyl (C=O) groups is 1. The van der Waals surface area contributed by atoms with Gasteiger partial charge in [0.2, 0.25) is 10.0 Å². The molecule has 0 bridgehead atoms. The highest BCUT2D eigenvalue weighted by Crippen LogP contribution is 2.21. The van der Waals surface area contributed by atoms with Crippen LogP contribution in [-0.4, -0.2) is 37.4 Å². The van der Waals surface area contributed by atoms with E-state index in [9.17, 15) is 13.2 Å². The van der Waals surface area contributed by atoms with Crippen molar-refractivity contribution in [2.75, 3.05) is 13.1 Å². The molecule has 1 aliphatic rings. The smallest absolute Gasteiger partial charge is 0.267 e. The first-order valence-electron chi connectivity index (χ1n) is 8.59. The Bertz CT molecular complexity index is 966. The van der Waals surface area contributed by atoms with E-state index in [0.717, 1.165) is 22.9 Å². The molecule has 0 radical (unpaired) electrons. The zero-order valence-corrected chi connectivity index (χ0v) is 17.3. The predicted molar refractivity (Wildman–Crippen MR) is 108 cm³/mol. The fourth-order valence-electron chi connectivity index (χ4n) is 2.83. The number of benzene rings is 2. The molecule has 27 heavy (non-hydrogen) atoms. The minimum Gasteiger partial charge on any atom is -0.267 e. The van der Waals surface area contributed by atoms with Crippen LogP contribution >= 0.6 is 15.9 Å². The Labute approximate surface area is 167 Å². The van der Waals surface area contributed by atoms with Crippen LogP contribution in [0.3, 0.4) is 0 Å². The lowest BCUT2D eigenvalue weighted by Gasteiger charge is -2.15. The van der Waals surface area contributed by atoms with E-state index in [4.69, 9.17) is 0 Å². The van der Waals surface area contributed by atoms with Gasteiger partial charge in [-0.1, -0.05) is 34.1 Å². The van der Waals surface area contributed by atoms with Crippen molar-refractivity contribution < 1.29 is 13.2 Å². The highest BCUT2D eigenvalue weighted by molar-refractivity contribution is 9.10. The van der Waals surface area contributed by atoms with Gasteiger partial charge in [-0.05, 0) is 55.7 Å². The Kier molecular flexibility index (Phi) is 6.08. The molecule has 3 rings (SSSR count). The fraction of sp³-hybridized carbons (Fsp3) is 0.263. The molecule has 0 unspecified atom stereocenters. The van der Waals surface area contributed by atoms with Gasteiger partial charge in [-0.3, -0.25) is 4.79 Å². The number of hydrazone groups is 1. The second-order valence-electron chi connectivity index (χ2n) is 6.28. The number of hydrogen-bond donors (Lipinski definition) is 1. The molecule has 1 N–H and O–H groups in total. The fourth-order valence-corrected chi connectivity index (χ4v) is 4.66. The molecule has 2 aromatic carbocycles. The molecule has 2 aromatic rings. The average Bonchev–Trinajstić information content (AvgIpc) is 3.22. The van der Waals surface area contributed by atoms with E-state index in [1.54, 1.807) is 19.1 Å². The van der Waals surface area contributed by atoms with Crippen LogP contribution < -0.4 is 5.43 Å². The van der Waals surface area contributed by atoms with Gasteiger partial charge < -0.3 is 0 Å². The second-order valence-corrected chi connectivity index (χ2v) is 9.14. The molecule has 1 fully saturated rings. The maximum absolute atomic E-state index is 12.7. The quantitative estimate of drug-likeness (QED) is 0.561. The highest BCUT2D eigenvalue weighted by Gasteiger charge is 2.27. The third-order valence-electron chi connectivity index (χ3n) is 4.39. The lowest BCUT2D eigenvalue weighted by molar-refractivity contribution is 0.0954. The van der Waals surface area contributed by atoms with Crippen LogP contribution in [0.5, 0.6) is 0 Å². The molecule has 0 atom stereocenters. The van der Waals surface area contributed by atoms with Crippen molar-refractivity contribution in [1.29, 1.82) is 0 Å². The first-order chi connectivity index (χ1) is 12.9. The van der Waals surface area contributed by atoms with Gasteiger partial charge in [0, 0.05) is 23.1 Å². The van der Waals surface area contributed by atoms with Gasteiger partial charge in [0.05, 0.1) is 10.6 Å². The summed E-state index contributed by atoms with van der Waals surface area (Å²) < 4.78 is 27.7. The Morgan fingerprint density at radius 1 is 1.07 bits per heavy atom. The number of nitrogens with one attached hydrogen (secondary N) is 1. The van der Waals surface area contributed by atoms with Crippen molar-refractivity contribution in [3.05, 3.63) is 64.1 Å². The summed E-state index contributed by atoms with van der Waals surface area (Å²) >= 11 is 3.37. The summed E-state index contributed by atoms with van der Waals surface area (Å²) in [5.41, 5.74) is 4.27. The van der Waals surface area contributed by atoms with E-state index in [1.165, 1.54) is 16.4 Å². The van der Waals surface area contributed by atoms with Gasteiger partial charge in [-0.2, -0.15) is 9.41 Å². The van der Waals surface area contributed by atoms with E-state index in [2.05, 4.69) is 26.5 Å². The van der Waals surface area contributed by atoms with Crippen LogP contribution in [0.2, 0.25) is 0 Å². The SMILES string of the molecule is C/C(=N/NC(=O)c1cccc(S(=O)(=O)N2CCCC2)c1)c1ccc(Br)cc1. The summed E-state index contributed by atoms with van der Waals surface area (Å²) in [5, 5.41) is 4.11. The van der Waals surface area contributed by atoms with Crippen LogP contribution in [0, 0.1) is 0 Å². The van der Waals surface area contributed by atoms with E-state index < -0.39 is 15.9 Å². The van der Waals surface area contributed by atoms with E-state index in [-0.39, 0.29) is 10.5 Å². The molecule has 1 saturated heterocycles. The third kappa shape index (κ3) is 4.63. The molecular weight excluding hydrogens is 430 g/mol. The van der Waals surface area contributed by atoms with E-state index in [1.807, 2.05) is 24.3 Å². The van der Waals surface area contributed by atoms with Gasteiger partial charge in [0.25, 0.3) is 5.91 Å². The molecule has 1 aliphatic heterocycles. The van der Waals surface area contributed by atoms with E-state index in [0.29, 0.717) is 18.8 Å². The number of carbonyl (C=O) groups excluding carboxylic acids is 1. The first kappa shape index (κ1) is 19.7. The summed E-state index contributed by atoms with van der Waals surface area (Å²) in [6.07, 6.45) is 1.73. The van der Waals surface area contributed by atoms with Crippen LogP contribution in [-0.2, 0) is 10.0 Å². The number of halogens is 1. The normalized spacial score (nSPS) is 15.7. The second kappa shape index (κ2) is 8.33. The van der Waals surface area contributed by atoms with Crippen molar-refractivity contribution in [3.8, 4) is 0 Å². The Balaban J connectivity index is 1.75. The minimum absolute atomic E-state index is 0.130. The molecule has 6 nitrogen and oxygen atoms in total. The molecule has 0 aliphatic carbocycles. The van der Waals surface area contributed by atoms with Gasteiger partial charge in [0.15, 0.2) is 0 Å². The van der Waals surface area contributed by atoms with Gasteiger partial charge in [0.1, 0.15) is 0 Å². The monoisotopic (exact) mass is 449 g/mol. The largest absolute Gasteiger partial charge is 0.271 e. The summed E-state index contributed by atoms with van der Waals surface area (Å²) in [5.74, 6) is -0.454. The van der Waals surface area contributed by atoms with Crippen molar-refractivity contribution in [1.82, 2.24) is 9.73 Å². The van der Waals surface area contributed by atoms with E-state index >= 15 is 0 Å². The first-order valence-corrected chi connectivity index (χ1v) is 10.8. The number of hydrogen-bond acceptors (Lipinski definition) is 4. The highest BCUT2D eigenvalue weighted by atomic mass is 79.9. The predicted octanol–water partition coefficient (Wildman–Crippen LogP) is 3.39. The topological polar surface area (TPSA) is 78.8 Å². The molecule has 0 spiro atoms. The molecular formula is C19H20BrN3O3S. The number of amides is 1. The lowest BCUT2D eigenvalue weighted by atomic mass is 10.1. The summed E-state index contributed by atoms with van der Waals surface area (Å²) in [6.45, 7) is 2.84. The average molecular weight is 450 g/mol. The summed E-state index contributed by atoms with van der Waals surface area (Å²) in [4.78, 5) is 12.5. The minimum atomic E-state index is -3.56. The maximum atomic E-state index is 12.7. The van der Waals surface area contributed by atoms with Gasteiger partial charge >= 0.3 is 0 Å². The zero-order chi connectivity index (χ0) is 19.4. The zero-order valence-electron chi connectivity index (χ0n) is 14.9. The third-order valence-corrected chi connectivity index (χ3v) is 6.81. The molecule has 142 valence electrons. The van der Waals surface area contributed by atoms with Crippen molar-refractivity contribution in [2.45, 2.75) is 24.7 Å². The molecule has 0 aromatic heterocycles. The van der Waals surface area contributed by atoms with Crippen molar-refractivity contribution >= 4 is 37.6 Å². The standard InChI is InChI=1S/C19H20BrN3O3S/c1-14(15-7-9-17(20)10-8-15)21-22-19(24)16-5-4-6-18(13-16)27(25,26)23-11-2-3-12-23/h4-10,13H,2-3,11-12H2,1H3,(H,22,24)/b21-14-. The number of sulfonamides is 1. The molecule has 1 heterocycles. The lowest BCUT2D eigenvalue weighted by Crippen LogP contribution is -2.28. The number of nitrogens with zero attached hydrogens (tertiary/aromatic N) is 2. The molecule has 0 saturated carbocycles. The number of rotatable bonds is 5.